The lowest BCUT2D eigenvalue weighted by atomic mass is 10.1. The summed E-state index contributed by atoms with van der Waals surface area (Å²) in [5, 5.41) is 11.8. The van der Waals surface area contributed by atoms with Crippen LogP contribution in [0, 0.1) is 0 Å². The molecule has 0 aromatic carbocycles. The van der Waals surface area contributed by atoms with E-state index in [-0.39, 0.29) is 24.2 Å². The highest BCUT2D eigenvalue weighted by Crippen LogP contribution is 2.03. The number of hydrogen-bond acceptors (Lipinski definition) is 7. The van der Waals surface area contributed by atoms with Crippen LogP contribution in [-0.4, -0.2) is 83.8 Å². The van der Waals surface area contributed by atoms with E-state index in [1.165, 1.54) is 6.92 Å². The summed E-state index contributed by atoms with van der Waals surface area (Å²) in [6, 6.07) is -0.525. The molecule has 0 unspecified atom stereocenters. The van der Waals surface area contributed by atoms with Crippen molar-refractivity contribution in [1.29, 1.82) is 0 Å². The highest BCUT2D eigenvalue weighted by atomic mass is 16.5. The van der Waals surface area contributed by atoms with Crippen LogP contribution in [0.25, 0.3) is 0 Å². The predicted molar refractivity (Wildman–Crippen MR) is 113 cm³/mol. The van der Waals surface area contributed by atoms with Gasteiger partial charge in [0.05, 0.1) is 19.8 Å². The molecular weight excluding hydrogens is 376 g/mol. The summed E-state index contributed by atoms with van der Waals surface area (Å²) in [7, 11) is 3.77. The van der Waals surface area contributed by atoms with Crippen molar-refractivity contribution >= 4 is 17.6 Å². The van der Waals surface area contributed by atoms with Crippen molar-refractivity contribution in [3.63, 3.8) is 0 Å². The van der Waals surface area contributed by atoms with Crippen LogP contribution in [0.4, 0.5) is 0 Å². The van der Waals surface area contributed by atoms with Gasteiger partial charge in [-0.15, -0.1) is 0 Å². The van der Waals surface area contributed by atoms with Gasteiger partial charge >= 0.3 is 0 Å². The second-order valence-corrected chi connectivity index (χ2v) is 6.94. The zero-order chi connectivity index (χ0) is 21.7. The number of rotatable bonds is 20. The van der Waals surface area contributed by atoms with Crippen molar-refractivity contribution < 1.29 is 23.9 Å². The normalized spacial score (nSPS) is 11.8. The third-order valence-electron chi connectivity index (χ3n) is 4.12. The molecule has 0 bridgehead atoms. The van der Waals surface area contributed by atoms with E-state index in [4.69, 9.17) is 9.47 Å². The second kappa shape index (κ2) is 19.8. The first-order valence-corrected chi connectivity index (χ1v) is 10.5. The Kier molecular flexibility index (Phi) is 18.7. The molecule has 0 aromatic heterocycles. The first kappa shape index (κ1) is 27.5. The molecule has 0 spiro atoms. The Balaban J connectivity index is 4.14. The summed E-state index contributed by atoms with van der Waals surface area (Å²) < 4.78 is 10.5. The number of unbranched alkanes of at least 4 members (excludes halogenated alkanes) is 2. The van der Waals surface area contributed by atoms with E-state index >= 15 is 0 Å². The molecule has 0 radical (unpaired) electrons. The van der Waals surface area contributed by atoms with Gasteiger partial charge in [0.25, 0.3) is 0 Å². The Morgan fingerprint density at radius 1 is 0.828 bits per heavy atom. The Labute approximate surface area is 175 Å². The van der Waals surface area contributed by atoms with Crippen LogP contribution >= 0.6 is 0 Å². The molecule has 4 N–H and O–H groups in total. The maximum absolute atomic E-state index is 12.5. The van der Waals surface area contributed by atoms with Crippen LogP contribution in [0.1, 0.15) is 45.4 Å². The fourth-order valence-electron chi connectivity index (χ4n) is 2.58. The third kappa shape index (κ3) is 18.2. The van der Waals surface area contributed by atoms with Crippen LogP contribution in [0.15, 0.2) is 0 Å². The fraction of sp³-hybridized carbons (Fsp3) is 0.850. The number of carbonyl (C=O) groups is 3. The Morgan fingerprint density at radius 3 is 2.14 bits per heavy atom. The molecule has 0 fully saturated rings. The highest BCUT2D eigenvalue weighted by molar-refractivity contribution is 5.87. The molecule has 0 aliphatic carbocycles. The van der Waals surface area contributed by atoms with E-state index in [1.807, 2.05) is 14.1 Å². The minimum atomic E-state index is -0.525. The van der Waals surface area contributed by atoms with Crippen molar-refractivity contribution in [2.75, 3.05) is 60.2 Å². The molecule has 0 rings (SSSR count). The first-order valence-electron chi connectivity index (χ1n) is 10.5. The lowest BCUT2D eigenvalue weighted by Gasteiger charge is -2.18. The molecule has 0 saturated heterocycles. The summed E-state index contributed by atoms with van der Waals surface area (Å²) in [6.07, 6.45) is 4.54. The maximum atomic E-state index is 12.5. The molecule has 1 atom stereocenters. The van der Waals surface area contributed by atoms with Gasteiger partial charge < -0.3 is 30.7 Å². The van der Waals surface area contributed by atoms with Crippen molar-refractivity contribution in [1.82, 2.24) is 21.3 Å². The van der Waals surface area contributed by atoms with Crippen molar-refractivity contribution in [2.45, 2.75) is 51.5 Å². The summed E-state index contributed by atoms with van der Waals surface area (Å²) >= 11 is 0. The predicted octanol–water partition coefficient (Wildman–Crippen LogP) is -0.0110. The average molecular weight is 417 g/mol. The van der Waals surface area contributed by atoms with Gasteiger partial charge in [-0.05, 0) is 66.2 Å². The van der Waals surface area contributed by atoms with Gasteiger partial charge in [-0.3, -0.25) is 14.4 Å². The van der Waals surface area contributed by atoms with Crippen molar-refractivity contribution in [3.05, 3.63) is 0 Å². The standard InChI is InChI=1S/C20H40N4O5/c1-17(25)16-29-15-14-28-13-12-23-20(27)18(8-4-6-10-21-2)24-19(26)9-5-7-11-22-3/h18,21-22H,4-16H2,1-3H3,(H,23,27)(H,24,26)/t18-/m0/s1. The molecule has 9 nitrogen and oxygen atoms in total. The minimum Gasteiger partial charge on any atom is -0.377 e. The molecule has 0 aliphatic heterocycles. The smallest absolute Gasteiger partial charge is 0.242 e. The molecule has 0 heterocycles. The van der Waals surface area contributed by atoms with Gasteiger partial charge in [0.1, 0.15) is 12.6 Å². The zero-order valence-corrected chi connectivity index (χ0v) is 18.3. The topological polar surface area (TPSA) is 118 Å². The van der Waals surface area contributed by atoms with Crippen LogP contribution in [0.2, 0.25) is 0 Å². The molecule has 170 valence electrons. The van der Waals surface area contributed by atoms with E-state index in [0.717, 1.165) is 38.8 Å². The molecule has 0 aromatic rings. The summed E-state index contributed by atoms with van der Waals surface area (Å²) in [5.41, 5.74) is 0. The number of nitrogens with one attached hydrogen (secondary N) is 4. The maximum Gasteiger partial charge on any atom is 0.242 e. The lowest BCUT2D eigenvalue weighted by Crippen LogP contribution is -2.47. The Morgan fingerprint density at radius 2 is 1.48 bits per heavy atom. The van der Waals surface area contributed by atoms with E-state index < -0.39 is 6.04 Å². The number of carbonyl (C=O) groups excluding carboxylic acids is 3. The quantitative estimate of drug-likeness (QED) is 0.206. The van der Waals surface area contributed by atoms with Gasteiger partial charge in [-0.1, -0.05) is 0 Å². The van der Waals surface area contributed by atoms with Gasteiger partial charge in [0.2, 0.25) is 11.8 Å². The van der Waals surface area contributed by atoms with Gasteiger partial charge in [-0.2, -0.15) is 0 Å². The SMILES string of the molecule is CNCCCCC(=O)N[C@@H](CCCCNC)C(=O)NCCOCCOCC(C)=O. The summed E-state index contributed by atoms with van der Waals surface area (Å²) in [6.45, 7) is 4.71. The molecule has 0 aliphatic rings. The van der Waals surface area contributed by atoms with Crippen molar-refractivity contribution in [2.24, 2.45) is 0 Å². The van der Waals surface area contributed by atoms with Crippen molar-refractivity contribution in [3.8, 4) is 0 Å². The molecular formula is C20H40N4O5. The molecule has 0 saturated carbocycles. The lowest BCUT2D eigenvalue weighted by molar-refractivity contribution is -0.129. The van der Waals surface area contributed by atoms with Gasteiger partial charge in [-0.25, -0.2) is 0 Å². The average Bonchev–Trinajstić information content (AvgIpc) is 2.69. The second-order valence-electron chi connectivity index (χ2n) is 6.94. The third-order valence-corrected chi connectivity index (χ3v) is 4.12. The number of ether oxygens (including phenoxy) is 2. The summed E-state index contributed by atoms with van der Waals surface area (Å²) in [5.74, 6) is -0.301. The number of amides is 2. The molecule has 29 heavy (non-hydrogen) atoms. The van der Waals surface area contributed by atoms with Crippen LogP contribution in [0.5, 0.6) is 0 Å². The van der Waals surface area contributed by atoms with E-state index in [2.05, 4.69) is 21.3 Å². The van der Waals surface area contributed by atoms with Crippen LogP contribution in [0.3, 0.4) is 0 Å². The Bertz CT molecular complexity index is 449. The van der Waals surface area contributed by atoms with Crippen LogP contribution < -0.4 is 21.3 Å². The van der Waals surface area contributed by atoms with Crippen LogP contribution in [-0.2, 0) is 23.9 Å². The van der Waals surface area contributed by atoms with E-state index in [0.29, 0.717) is 39.2 Å². The van der Waals surface area contributed by atoms with Gasteiger partial charge in [0, 0.05) is 13.0 Å². The zero-order valence-electron chi connectivity index (χ0n) is 18.3. The number of Topliss-reactive ketones (excluding diaryl/α,β-unsaturated/α-hetero) is 1. The van der Waals surface area contributed by atoms with Gasteiger partial charge in [0.15, 0.2) is 5.78 Å². The fourth-order valence-corrected chi connectivity index (χ4v) is 2.58. The first-order chi connectivity index (χ1) is 14.0. The Hall–Kier alpha value is -1.55. The summed E-state index contributed by atoms with van der Waals surface area (Å²) in [4.78, 5) is 35.4. The monoisotopic (exact) mass is 416 g/mol. The molecule has 9 heteroatoms. The number of ketones is 1. The van der Waals surface area contributed by atoms with E-state index in [9.17, 15) is 14.4 Å². The number of hydrogen-bond donors (Lipinski definition) is 4. The largest absolute Gasteiger partial charge is 0.377 e. The van der Waals surface area contributed by atoms with E-state index in [1.54, 1.807) is 0 Å². The highest BCUT2D eigenvalue weighted by Gasteiger charge is 2.19. The molecule has 2 amide bonds. The minimum absolute atomic E-state index is 0.0258.